The first kappa shape index (κ1) is 9.04. The van der Waals surface area contributed by atoms with Gasteiger partial charge in [-0.05, 0) is 0 Å². The Labute approximate surface area is 79.9 Å². The Morgan fingerprint density at radius 3 is 3.07 bits per heavy atom. The first-order chi connectivity index (χ1) is 6.83. The second kappa shape index (κ2) is 3.69. The van der Waals surface area contributed by atoms with Crippen LogP contribution in [0.1, 0.15) is 12.6 Å². The van der Waals surface area contributed by atoms with E-state index in [2.05, 4.69) is 15.0 Å². The molecule has 6 nitrogen and oxygen atoms in total. The summed E-state index contributed by atoms with van der Waals surface area (Å²) in [6.45, 7) is -0.0775. The fraction of sp³-hybridized carbons (Fsp3) is 0.375. The Kier molecular flexibility index (Phi) is 2.38. The van der Waals surface area contributed by atoms with Crippen molar-refractivity contribution in [3.63, 3.8) is 0 Å². The van der Waals surface area contributed by atoms with E-state index in [1.165, 1.54) is 17.2 Å². The van der Waals surface area contributed by atoms with E-state index in [1.54, 1.807) is 6.20 Å². The summed E-state index contributed by atoms with van der Waals surface area (Å²) in [5, 5.41) is 18.3. The maximum atomic E-state index is 9.61. The number of nitrogens with zero attached hydrogens (tertiary/aromatic N) is 4. The van der Waals surface area contributed by atoms with Gasteiger partial charge in [-0.3, -0.25) is 4.57 Å². The van der Waals surface area contributed by atoms with Crippen LogP contribution in [0, 0.1) is 0 Å². The molecule has 1 atom stereocenters. The van der Waals surface area contributed by atoms with Crippen molar-refractivity contribution in [2.75, 3.05) is 6.61 Å². The van der Waals surface area contributed by atoms with Crippen LogP contribution in [0.2, 0.25) is 0 Å². The Balaban J connectivity index is 2.42. The number of aliphatic hydroxyl groups is 2. The van der Waals surface area contributed by atoms with Gasteiger partial charge in [-0.15, -0.1) is 0 Å². The number of hydrogen-bond acceptors (Lipinski definition) is 5. The van der Waals surface area contributed by atoms with Gasteiger partial charge in [0.2, 0.25) is 0 Å². The van der Waals surface area contributed by atoms with E-state index in [0.717, 1.165) is 0 Å². The van der Waals surface area contributed by atoms with Gasteiger partial charge in [-0.1, -0.05) is 0 Å². The molecule has 14 heavy (non-hydrogen) atoms. The fourth-order valence-electron chi connectivity index (χ4n) is 1.26. The molecular weight excluding hydrogens is 184 g/mol. The van der Waals surface area contributed by atoms with Gasteiger partial charge in [0.1, 0.15) is 18.1 Å². The lowest BCUT2D eigenvalue weighted by Gasteiger charge is -2.10. The number of imidazole rings is 1. The van der Waals surface area contributed by atoms with E-state index in [4.69, 9.17) is 5.11 Å². The number of aliphatic hydroxyl groups excluding tert-OH is 2. The van der Waals surface area contributed by atoms with Crippen LogP contribution >= 0.6 is 0 Å². The zero-order valence-electron chi connectivity index (χ0n) is 7.41. The third-order valence-corrected chi connectivity index (χ3v) is 1.95. The topological polar surface area (TPSA) is 84.1 Å². The first-order valence-electron chi connectivity index (χ1n) is 4.24. The predicted molar refractivity (Wildman–Crippen MR) is 48.3 cm³/mol. The van der Waals surface area contributed by atoms with Crippen molar-refractivity contribution in [2.45, 2.75) is 12.6 Å². The molecule has 2 heterocycles. The summed E-state index contributed by atoms with van der Waals surface area (Å²) < 4.78 is 1.51. The second-order valence-electron chi connectivity index (χ2n) is 2.88. The lowest BCUT2D eigenvalue weighted by atomic mass is 10.4. The molecule has 2 aromatic rings. The molecule has 0 aliphatic rings. The fourth-order valence-corrected chi connectivity index (χ4v) is 1.26. The Morgan fingerprint density at radius 2 is 2.29 bits per heavy atom. The van der Waals surface area contributed by atoms with Gasteiger partial charge in [0.25, 0.3) is 0 Å². The zero-order chi connectivity index (χ0) is 9.97. The Bertz CT molecular complexity index is 428. The highest BCUT2D eigenvalue weighted by Gasteiger charge is 2.10. The standard InChI is InChI=1S/C8H10N4O2/c13-2-1-7(14)12-5-11-6-3-9-4-10-8(6)12/h3-5,7,13-14H,1-2H2. The molecule has 0 spiro atoms. The van der Waals surface area contributed by atoms with Crippen molar-refractivity contribution in [1.29, 1.82) is 0 Å². The quantitative estimate of drug-likeness (QED) is 0.700. The van der Waals surface area contributed by atoms with Crippen LogP contribution in [0.5, 0.6) is 0 Å². The van der Waals surface area contributed by atoms with Crippen LogP contribution in [0.4, 0.5) is 0 Å². The molecule has 0 bridgehead atoms. The molecule has 2 rings (SSSR count). The van der Waals surface area contributed by atoms with Crippen molar-refractivity contribution in [3.8, 4) is 0 Å². The maximum Gasteiger partial charge on any atom is 0.165 e. The average Bonchev–Trinajstić information content (AvgIpc) is 2.61. The van der Waals surface area contributed by atoms with E-state index < -0.39 is 6.23 Å². The number of rotatable bonds is 3. The average molecular weight is 194 g/mol. The molecule has 0 fully saturated rings. The van der Waals surface area contributed by atoms with Crippen LogP contribution in [0.3, 0.4) is 0 Å². The van der Waals surface area contributed by atoms with Crippen molar-refractivity contribution < 1.29 is 10.2 Å². The first-order valence-corrected chi connectivity index (χ1v) is 4.24. The minimum Gasteiger partial charge on any atom is -0.396 e. The second-order valence-corrected chi connectivity index (χ2v) is 2.88. The molecular formula is C8H10N4O2. The van der Waals surface area contributed by atoms with Gasteiger partial charge in [-0.25, -0.2) is 15.0 Å². The normalized spacial score (nSPS) is 13.3. The van der Waals surface area contributed by atoms with Crippen LogP contribution in [-0.4, -0.2) is 36.3 Å². The SMILES string of the molecule is OCCC(O)n1cnc2cncnc21. The third-order valence-electron chi connectivity index (χ3n) is 1.95. The van der Waals surface area contributed by atoms with E-state index >= 15 is 0 Å². The molecule has 6 heteroatoms. The predicted octanol–water partition coefficient (Wildman–Crippen LogP) is -0.300. The van der Waals surface area contributed by atoms with E-state index in [9.17, 15) is 5.11 Å². The molecule has 74 valence electrons. The minimum absolute atomic E-state index is 0.0775. The molecule has 0 radical (unpaired) electrons. The van der Waals surface area contributed by atoms with Gasteiger partial charge < -0.3 is 10.2 Å². The van der Waals surface area contributed by atoms with Gasteiger partial charge in [-0.2, -0.15) is 0 Å². The molecule has 1 unspecified atom stereocenters. The molecule has 0 aliphatic heterocycles. The van der Waals surface area contributed by atoms with Crippen LogP contribution < -0.4 is 0 Å². The summed E-state index contributed by atoms with van der Waals surface area (Å²) >= 11 is 0. The van der Waals surface area contributed by atoms with Crippen LogP contribution in [-0.2, 0) is 0 Å². The number of hydrogen-bond donors (Lipinski definition) is 2. The summed E-state index contributed by atoms with van der Waals surface area (Å²) in [5.74, 6) is 0. The largest absolute Gasteiger partial charge is 0.396 e. The van der Waals surface area contributed by atoms with Crippen molar-refractivity contribution >= 4 is 11.2 Å². The van der Waals surface area contributed by atoms with Gasteiger partial charge in [0.05, 0.1) is 12.5 Å². The Morgan fingerprint density at radius 1 is 1.43 bits per heavy atom. The molecule has 2 aromatic heterocycles. The lowest BCUT2D eigenvalue weighted by molar-refractivity contribution is 0.0759. The van der Waals surface area contributed by atoms with Gasteiger partial charge in [0.15, 0.2) is 5.65 Å². The number of aromatic nitrogens is 4. The summed E-state index contributed by atoms with van der Waals surface area (Å²) in [5.41, 5.74) is 1.20. The molecule has 0 amide bonds. The number of fused-ring (bicyclic) bond motifs is 1. The highest BCUT2D eigenvalue weighted by Crippen LogP contribution is 2.14. The molecule has 0 saturated carbocycles. The van der Waals surface area contributed by atoms with Gasteiger partial charge in [0, 0.05) is 13.0 Å². The summed E-state index contributed by atoms with van der Waals surface area (Å²) in [6.07, 6.45) is 3.92. The summed E-state index contributed by atoms with van der Waals surface area (Å²) in [7, 11) is 0. The summed E-state index contributed by atoms with van der Waals surface area (Å²) in [6, 6.07) is 0. The van der Waals surface area contributed by atoms with Crippen molar-refractivity contribution in [2.24, 2.45) is 0 Å². The highest BCUT2D eigenvalue weighted by atomic mass is 16.3. The molecule has 0 aliphatic carbocycles. The molecule has 2 N–H and O–H groups in total. The van der Waals surface area contributed by atoms with Crippen LogP contribution in [0.15, 0.2) is 18.9 Å². The third kappa shape index (κ3) is 1.45. The Hall–Kier alpha value is -1.53. The van der Waals surface area contributed by atoms with E-state index in [-0.39, 0.29) is 13.0 Å². The lowest BCUT2D eigenvalue weighted by Crippen LogP contribution is -2.09. The molecule has 0 aromatic carbocycles. The highest BCUT2D eigenvalue weighted by molar-refractivity contribution is 5.68. The smallest absolute Gasteiger partial charge is 0.165 e. The molecule has 0 saturated heterocycles. The van der Waals surface area contributed by atoms with E-state index in [1.807, 2.05) is 0 Å². The van der Waals surface area contributed by atoms with E-state index in [0.29, 0.717) is 11.2 Å². The summed E-state index contributed by atoms with van der Waals surface area (Å²) in [4.78, 5) is 11.8. The van der Waals surface area contributed by atoms with Crippen LogP contribution in [0.25, 0.3) is 11.2 Å². The van der Waals surface area contributed by atoms with Crippen molar-refractivity contribution in [3.05, 3.63) is 18.9 Å². The van der Waals surface area contributed by atoms with Crippen molar-refractivity contribution in [1.82, 2.24) is 19.5 Å². The maximum absolute atomic E-state index is 9.61. The van der Waals surface area contributed by atoms with Gasteiger partial charge >= 0.3 is 0 Å². The monoisotopic (exact) mass is 194 g/mol. The minimum atomic E-state index is -0.792. The zero-order valence-corrected chi connectivity index (χ0v) is 7.41.